The fourth-order valence-electron chi connectivity index (χ4n) is 0.536. The Morgan fingerprint density at radius 1 is 1.17 bits per heavy atom. The number of benzene rings is 1. The average Bonchev–Trinajstić information content (AvgIpc) is 2.08. The Balaban J connectivity index is 0.000000202. The van der Waals surface area contributed by atoms with Crippen LogP contribution in [0.4, 0.5) is 4.79 Å². The van der Waals surface area contributed by atoms with Crippen LogP contribution in [0.5, 0.6) is 0 Å². The van der Waals surface area contributed by atoms with Gasteiger partial charge < -0.3 is 10.4 Å². The van der Waals surface area contributed by atoms with E-state index in [9.17, 15) is 4.79 Å². The molecule has 3 heteroatoms. The predicted octanol–water partition coefficient (Wildman–Crippen LogP) is 1.96. The van der Waals surface area contributed by atoms with Crippen molar-refractivity contribution in [1.82, 2.24) is 5.32 Å². The van der Waals surface area contributed by atoms with Crippen molar-refractivity contribution in [1.29, 1.82) is 0 Å². The predicted molar refractivity (Wildman–Crippen MR) is 48.1 cm³/mol. The van der Waals surface area contributed by atoms with Crippen LogP contribution < -0.4 is 5.32 Å². The monoisotopic (exact) mass is 167 g/mol. The van der Waals surface area contributed by atoms with E-state index >= 15 is 0 Å². The van der Waals surface area contributed by atoms with E-state index in [0.717, 1.165) is 0 Å². The van der Waals surface area contributed by atoms with E-state index < -0.39 is 6.09 Å². The molecule has 66 valence electrons. The van der Waals surface area contributed by atoms with Crippen LogP contribution in [0, 0.1) is 0 Å². The first-order valence-corrected chi connectivity index (χ1v) is 3.74. The third-order valence-corrected chi connectivity index (χ3v) is 0.995. The standard InChI is InChI=1S/C6H6.C3H7NO2/c1-2-4-6-5-3-1;1-2-4-3(5)6/h1-6H;4H,2H2,1H3,(H,5,6). The van der Waals surface area contributed by atoms with Gasteiger partial charge in [0.25, 0.3) is 0 Å². The Kier molecular flexibility index (Phi) is 6.64. The zero-order valence-corrected chi connectivity index (χ0v) is 7.03. The lowest BCUT2D eigenvalue weighted by atomic mass is 10.4. The van der Waals surface area contributed by atoms with Crippen LogP contribution in [-0.4, -0.2) is 17.7 Å². The van der Waals surface area contributed by atoms with Crippen LogP contribution in [0.25, 0.3) is 0 Å². The Morgan fingerprint density at radius 2 is 1.50 bits per heavy atom. The summed E-state index contributed by atoms with van der Waals surface area (Å²) in [6.07, 6.45) is -0.961. The van der Waals surface area contributed by atoms with Crippen LogP contribution in [0.15, 0.2) is 36.4 Å². The molecule has 0 saturated heterocycles. The summed E-state index contributed by atoms with van der Waals surface area (Å²) < 4.78 is 0. The molecule has 0 radical (unpaired) electrons. The number of carboxylic acid groups (broad SMARTS) is 1. The van der Waals surface area contributed by atoms with Gasteiger partial charge in [-0.3, -0.25) is 0 Å². The highest BCUT2D eigenvalue weighted by Gasteiger charge is 1.82. The highest BCUT2D eigenvalue weighted by molar-refractivity contribution is 5.64. The van der Waals surface area contributed by atoms with E-state index in [1.807, 2.05) is 36.4 Å². The molecule has 0 bridgehead atoms. The van der Waals surface area contributed by atoms with Gasteiger partial charge in [0.2, 0.25) is 0 Å². The summed E-state index contributed by atoms with van der Waals surface area (Å²) in [6.45, 7) is 2.21. The molecule has 0 heterocycles. The van der Waals surface area contributed by atoms with Crippen molar-refractivity contribution in [2.75, 3.05) is 6.54 Å². The van der Waals surface area contributed by atoms with Crippen molar-refractivity contribution in [3.8, 4) is 0 Å². The molecule has 1 amide bonds. The quantitative estimate of drug-likeness (QED) is 0.671. The van der Waals surface area contributed by atoms with Crippen molar-refractivity contribution < 1.29 is 9.90 Å². The van der Waals surface area contributed by atoms with Gasteiger partial charge >= 0.3 is 6.09 Å². The van der Waals surface area contributed by atoms with Gasteiger partial charge in [0, 0.05) is 6.54 Å². The van der Waals surface area contributed by atoms with E-state index in [2.05, 4.69) is 5.32 Å². The molecule has 1 aromatic carbocycles. The first-order chi connectivity index (χ1) is 5.77. The number of nitrogens with one attached hydrogen (secondary N) is 1. The van der Waals surface area contributed by atoms with Crippen LogP contribution in [0.3, 0.4) is 0 Å². The van der Waals surface area contributed by atoms with Gasteiger partial charge in [-0.2, -0.15) is 0 Å². The lowest BCUT2D eigenvalue weighted by Crippen LogP contribution is -2.19. The Bertz CT molecular complexity index is 172. The van der Waals surface area contributed by atoms with Gasteiger partial charge in [0.1, 0.15) is 0 Å². The molecule has 1 aromatic rings. The highest BCUT2D eigenvalue weighted by Crippen LogP contribution is 1.79. The summed E-state index contributed by atoms with van der Waals surface area (Å²) in [5, 5.41) is 9.93. The minimum absolute atomic E-state index is 0.481. The third-order valence-electron chi connectivity index (χ3n) is 0.995. The topological polar surface area (TPSA) is 49.3 Å². The Hall–Kier alpha value is -1.51. The van der Waals surface area contributed by atoms with Crippen molar-refractivity contribution in [3.63, 3.8) is 0 Å². The molecule has 0 spiro atoms. The number of carbonyl (C=O) groups is 1. The molecule has 12 heavy (non-hydrogen) atoms. The van der Waals surface area contributed by atoms with Crippen LogP contribution in [0.1, 0.15) is 6.92 Å². The first kappa shape index (κ1) is 10.5. The maximum Gasteiger partial charge on any atom is 0.404 e. The average molecular weight is 167 g/mol. The summed E-state index contributed by atoms with van der Waals surface area (Å²) >= 11 is 0. The fourth-order valence-corrected chi connectivity index (χ4v) is 0.536. The number of amides is 1. The van der Waals surface area contributed by atoms with Crippen LogP contribution >= 0.6 is 0 Å². The molecule has 0 aliphatic rings. The number of hydrogen-bond acceptors (Lipinski definition) is 1. The smallest absolute Gasteiger partial charge is 0.404 e. The van der Waals surface area contributed by atoms with E-state index in [1.165, 1.54) is 0 Å². The number of hydrogen-bond donors (Lipinski definition) is 2. The molecule has 0 atom stereocenters. The molecule has 0 fully saturated rings. The molecule has 0 aromatic heterocycles. The Morgan fingerprint density at radius 3 is 1.58 bits per heavy atom. The molecular formula is C9H13NO2. The molecular weight excluding hydrogens is 154 g/mol. The highest BCUT2D eigenvalue weighted by atomic mass is 16.4. The van der Waals surface area contributed by atoms with Gasteiger partial charge in [0.15, 0.2) is 0 Å². The summed E-state index contributed by atoms with van der Waals surface area (Å²) in [6, 6.07) is 12.0. The zero-order chi connectivity index (χ0) is 9.23. The van der Waals surface area contributed by atoms with Gasteiger partial charge in [-0.15, -0.1) is 0 Å². The van der Waals surface area contributed by atoms with Gasteiger partial charge in [0.05, 0.1) is 0 Å². The molecule has 0 aliphatic carbocycles. The van der Waals surface area contributed by atoms with Gasteiger partial charge in [-0.25, -0.2) is 4.79 Å². The van der Waals surface area contributed by atoms with Crippen LogP contribution in [0.2, 0.25) is 0 Å². The zero-order valence-electron chi connectivity index (χ0n) is 7.03. The van der Waals surface area contributed by atoms with Crippen molar-refractivity contribution in [3.05, 3.63) is 36.4 Å². The molecule has 2 N–H and O–H groups in total. The SMILES string of the molecule is CCNC(=O)O.c1ccccc1. The minimum atomic E-state index is -0.961. The second kappa shape index (κ2) is 7.60. The van der Waals surface area contributed by atoms with Crippen molar-refractivity contribution in [2.45, 2.75) is 6.92 Å². The molecule has 1 rings (SSSR count). The third kappa shape index (κ3) is 8.49. The largest absolute Gasteiger partial charge is 0.465 e. The summed E-state index contributed by atoms with van der Waals surface area (Å²) in [5.41, 5.74) is 0. The van der Waals surface area contributed by atoms with Crippen molar-refractivity contribution in [2.24, 2.45) is 0 Å². The van der Waals surface area contributed by atoms with Gasteiger partial charge in [-0.1, -0.05) is 36.4 Å². The first-order valence-electron chi connectivity index (χ1n) is 3.74. The molecule has 0 aliphatic heterocycles. The maximum absolute atomic E-state index is 9.49. The maximum atomic E-state index is 9.49. The lowest BCUT2D eigenvalue weighted by Gasteiger charge is -1.87. The lowest BCUT2D eigenvalue weighted by molar-refractivity contribution is 0.195. The normalized spacial score (nSPS) is 7.75. The van der Waals surface area contributed by atoms with E-state index in [1.54, 1.807) is 6.92 Å². The summed E-state index contributed by atoms with van der Waals surface area (Å²) in [5.74, 6) is 0. The van der Waals surface area contributed by atoms with Crippen molar-refractivity contribution >= 4 is 6.09 Å². The summed E-state index contributed by atoms with van der Waals surface area (Å²) in [4.78, 5) is 9.49. The fraction of sp³-hybridized carbons (Fsp3) is 0.222. The van der Waals surface area contributed by atoms with E-state index in [0.29, 0.717) is 6.54 Å². The van der Waals surface area contributed by atoms with Crippen LogP contribution in [-0.2, 0) is 0 Å². The number of rotatable bonds is 1. The molecule has 0 unspecified atom stereocenters. The second-order valence-electron chi connectivity index (χ2n) is 1.99. The van der Waals surface area contributed by atoms with Gasteiger partial charge in [-0.05, 0) is 6.92 Å². The second-order valence-corrected chi connectivity index (χ2v) is 1.99. The minimum Gasteiger partial charge on any atom is -0.465 e. The molecule has 3 nitrogen and oxygen atoms in total. The summed E-state index contributed by atoms with van der Waals surface area (Å²) in [7, 11) is 0. The molecule has 0 saturated carbocycles. The Labute approximate surface area is 72.0 Å². The van der Waals surface area contributed by atoms with E-state index in [-0.39, 0.29) is 0 Å². The van der Waals surface area contributed by atoms with E-state index in [4.69, 9.17) is 5.11 Å².